The molecule has 1 aromatic heterocycles. The van der Waals surface area contributed by atoms with Gasteiger partial charge in [0.2, 0.25) is 0 Å². The van der Waals surface area contributed by atoms with Crippen LogP contribution in [0.15, 0.2) is 36.4 Å². The molecule has 3 atom stereocenters. The highest BCUT2D eigenvalue weighted by Crippen LogP contribution is 2.39. The van der Waals surface area contributed by atoms with Gasteiger partial charge in [-0.3, -0.25) is 0 Å². The maximum Gasteiger partial charge on any atom is 0.573 e. The normalized spacial score (nSPS) is 26.3. The Hall–Kier alpha value is -2.39. The van der Waals surface area contributed by atoms with Crippen LogP contribution in [0.5, 0.6) is 5.75 Å². The second-order valence-electron chi connectivity index (χ2n) is 9.48. The lowest BCUT2D eigenvalue weighted by atomic mass is 10.00. The highest BCUT2D eigenvalue weighted by Gasteiger charge is 2.41. The predicted molar refractivity (Wildman–Crippen MR) is 118 cm³/mol. The van der Waals surface area contributed by atoms with Gasteiger partial charge in [0.1, 0.15) is 11.6 Å². The van der Waals surface area contributed by atoms with Crippen molar-refractivity contribution in [2.75, 3.05) is 38.2 Å². The number of anilines is 1. The SMILES string of the molecule is FC(F)(F)Oc1ccc(-c2ccc(NC3C[C@@H]4CN(CC5CCOCC5)C[C@@H]4C3)nn2)cc1. The molecule has 1 N–H and O–H groups in total. The molecule has 0 radical (unpaired) electrons. The maximum atomic E-state index is 12.3. The van der Waals surface area contributed by atoms with Crippen LogP contribution >= 0.6 is 0 Å². The molecule has 33 heavy (non-hydrogen) atoms. The molecule has 3 heterocycles. The summed E-state index contributed by atoms with van der Waals surface area (Å²) in [4.78, 5) is 2.65. The number of hydrogen-bond acceptors (Lipinski definition) is 6. The molecule has 1 aliphatic carbocycles. The van der Waals surface area contributed by atoms with Crippen molar-refractivity contribution in [2.24, 2.45) is 17.8 Å². The Balaban J connectivity index is 1.11. The van der Waals surface area contributed by atoms with E-state index in [1.807, 2.05) is 12.1 Å². The van der Waals surface area contributed by atoms with Crippen LogP contribution in [0, 0.1) is 17.8 Å². The van der Waals surface area contributed by atoms with Crippen molar-refractivity contribution in [2.45, 2.75) is 38.1 Å². The average Bonchev–Trinajstić information content (AvgIpc) is 3.32. The lowest BCUT2D eigenvalue weighted by Crippen LogP contribution is -2.32. The number of benzene rings is 1. The minimum Gasteiger partial charge on any atom is -0.406 e. The Labute approximate surface area is 191 Å². The third-order valence-corrected chi connectivity index (χ3v) is 7.08. The number of likely N-dealkylation sites (tertiary alicyclic amines) is 1. The van der Waals surface area contributed by atoms with E-state index >= 15 is 0 Å². The van der Waals surface area contributed by atoms with Crippen molar-refractivity contribution < 1.29 is 22.6 Å². The number of ether oxygens (including phenoxy) is 2. The van der Waals surface area contributed by atoms with Crippen LogP contribution in [-0.2, 0) is 4.74 Å². The Kier molecular flexibility index (Phi) is 6.42. The van der Waals surface area contributed by atoms with Crippen LogP contribution in [0.2, 0.25) is 0 Å². The number of halogens is 3. The maximum absolute atomic E-state index is 12.3. The van der Waals surface area contributed by atoms with Gasteiger partial charge in [0.25, 0.3) is 0 Å². The van der Waals surface area contributed by atoms with Gasteiger partial charge in [0.15, 0.2) is 0 Å². The number of hydrogen-bond donors (Lipinski definition) is 1. The van der Waals surface area contributed by atoms with Crippen molar-refractivity contribution in [1.29, 1.82) is 0 Å². The van der Waals surface area contributed by atoms with E-state index in [1.54, 1.807) is 12.1 Å². The van der Waals surface area contributed by atoms with Gasteiger partial charge in [0.05, 0.1) is 5.69 Å². The largest absolute Gasteiger partial charge is 0.573 e. The summed E-state index contributed by atoms with van der Waals surface area (Å²) >= 11 is 0. The van der Waals surface area contributed by atoms with Crippen molar-refractivity contribution in [3.63, 3.8) is 0 Å². The summed E-state index contributed by atoms with van der Waals surface area (Å²) in [6, 6.07) is 9.77. The molecule has 9 heteroatoms. The van der Waals surface area contributed by atoms with Gasteiger partial charge in [-0.2, -0.15) is 0 Å². The second kappa shape index (κ2) is 9.46. The van der Waals surface area contributed by atoms with Gasteiger partial charge < -0.3 is 19.7 Å². The lowest BCUT2D eigenvalue weighted by Gasteiger charge is -2.27. The first-order valence-electron chi connectivity index (χ1n) is 11.7. The summed E-state index contributed by atoms with van der Waals surface area (Å²) in [5, 5.41) is 12.1. The van der Waals surface area contributed by atoms with Gasteiger partial charge in [-0.15, -0.1) is 23.4 Å². The summed E-state index contributed by atoms with van der Waals surface area (Å²) < 4.78 is 46.3. The number of fused-ring (bicyclic) bond motifs is 1. The molecule has 1 unspecified atom stereocenters. The van der Waals surface area contributed by atoms with Crippen LogP contribution in [0.3, 0.4) is 0 Å². The Morgan fingerprint density at radius 3 is 2.27 bits per heavy atom. The monoisotopic (exact) mass is 462 g/mol. The van der Waals surface area contributed by atoms with Gasteiger partial charge >= 0.3 is 6.36 Å². The number of rotatable bonds is 6. The van der Waals surface area contributed by atoms with Crippen LogP contribution in [0.1, 0.15) is 25.7 Å². The first-order valence-corrected chi connectivity index (χ1v) is 11.7. The fraction of sp³-hybridized carbons (Fsp3) is 0.583. The molecule has 1 aromatic carbocycles. The third-order valence-electron chi connectivity index (χ3n) is 7.08. The van der Waals surface area contributed by atoms with E-state index in [9.17, 15) is 13.2 Å². The zero-order valence-corrected chi connectivity index (χ0v) is 18.4. The van der Waals surface area contributed by atoms with E-state index in [2.05, 4.69) is 25.2 Å². The van der Waals surface area contributed by atoms with Gasteiger partial charge in [-0.25, -0.2) is 0 Å². The summed E-state index contributed by atoms with van der Waals surface area (Å²) in [6.45, 7) is 5.42. The molecule has 2 aromatic rings. The first-order chi connectivity index (χ1) is 15.9. The highest BCUT2D eigenvalue weighted by molar-refractivity contribution is 5.60. The molecule has 3 fully saturated rings. The molecule has 0 bridgehead atoms. The van der Waals surface area contributed by atoms with E-state index in [1.165, 1.54) is 44.6 Å². The van der Waals surface area contributed by atoms with Crippen LogP contribution in [0.25, 0.3) is 11.3 Å². The smallest absolute Gasteiger partial charge is 0.406 e. The molecule has 2 aliphatic heterocycles. The highest BCUT2D eigenvalue weighted by atomic mass is 19.4. The summed E-state index contributed by atoms with van der Waals surface area (Å²) in [5.74, 6) is 2.75. The zero-order chi connectivity index (χ0) is 22.8. The number of nitrogens with zero attached hydrogens (tertiary/aromatic N) is 3. The molecule has 1 saturated carbocycles. The van der Waals surface area contributed by atoms with E-state index in [4.69, 9.17) is 4.74 Å². The minimum atomic E-state index is -4.70. The van der Waals surface area contributed by atoms with Crippen LogP contribution in [-0.4, -0.2) is 60.3 Å². The molecule has 178 valence electrons. The lowest BCUT2D eigenvalue weighted by molar-refractivity contribution is -0.274. The van der Waals surface area contributed by atoms with Crippen molar-refractivity contribution in [3.05, 3.63) is 36.4 Å². The average molecular weight is 463 g/mol. The molecule has 0 spiro atoms. The number of nitrogens with one attached hydrogen (secondary N) is 1. The van der Waals surface area contributed by atoms with E-state index < -0.39 is 6.36 Å². The van der Waals surface area contributed by atoms with Crippen molar-refractivity contribution in [3.8, 4) is 17.0 Å². The minimum absolute atomic E-state index is 0.254. The van der Waals surface area contributed by atoms with Crippen LogP contribution < -0.4 is 10.1 Å². The standard InChI is InChI=1S/C24H29F3N4O2/c25-24(26,27)33-21-3-1-17(2-4-21)22-5-6-23(30-29-22)28-20-11-18-14-31(15-19(18)12-20)13-16-7-9-32-10-8-16/h1-6,16,18-20H,7-15H2,(H,28,30)/t18-,19+,20?. The topological polar surface area (TPSA) is 59.5 Å². The molecule has 3 aliphatic rings. The van der Waals surface area contributed by atoms with Gasteiger partial charge in [-0.1, -0.05) is 0 Å². The van der Waals surface area contributed by atoms with E-state index in [0.29, 0.717) is 17.3 Å². The molecule has 2 saturated heterocycles. The Morgan fingerprint density at radius 1 is 0.970 bits per heavy atom. The number of alkyl halides is 3. The van der Waals surface area contributed by atoms with Crippen LogP contribution in [0.4, 0.5) is 19.0 Å². The second-order valence-corrected chi connectivity index (χ2v) is 9.48. The molecule has 5 rings (SSSR count). The molecular formula is C24H29F3N4O2. The van der Waals surface area contributed by atoms with Gasteiger partial charge in [0, 0.05) is 44.5 Å². The van der Waals surface area contributed by atoms with E-state index in [0.717, 1.165) is 49.6 Å². The first kappa shape index (κ1) is 22.4. The van der Waals surface area contributed by atoms with Crippen molar-refractivity contribution >= 4 is 5.82 Å². The molecule has 6 nitrogen and oxygen atoms in total. The predicted octanol–water partition coefficient (Wildman–Crippen LogP) is 4.59. The van der Waals surface area contributed by atoms with Crippen molar-refractivity contribution in [1.82, 2.24) is 15.1 Å². The quantitative estimate of drug-likeness (QED) is 0.678. The van der Waals surface area contributed by atoms with E-state index in [-0.39, 0.29) is 5.75 Å². The summed E-state index contributed by atoms with van der Waals surface area (Å²) in [5.41, 5.74) is 1.29. The fourth-order valence-corrected chi connectivity index (χ4v) is 5.56. The molecule has 0 amide bonds. The summed E-state index contributed by atoms with van der Waals surface area (Å²) in [6.07, 6.45) is -0.0130. The Bertz CT molecular complexity index is 903. The zero-order valence-electron chi connectivity index (χ0n) is 18.4. The molecular weight excluding hydrogens is 433 g/mol. The summed E-state index contributed by atoms with van der Waals surface area (Å²) in [7, 11) is 0. The third kappa shape index (κ3) is 5.76. The number of aromatic nitrogens is 2. The Morgan fingerprint density at radius 2 is 1.67 bits per heavy atom. The van der Waals surface area contributed by atoms with Gasteiger partial charge in [-0.05, 0) is 79.8 Å². The fourth-order valence-electron chi connectivity index (χ4n) is 5.56.